The third kappa shape index (κ3) is 3.99. The first-order valence-corrected chi connectivity index (χ1v) is 9.60. The van der Waals surface area contributed by atoms with Crippen LogP contribution in [0.3, 0.4) is 0 Å². The Balaban J connectivity index is 2.39. The number of hydrogen-bond donors (Lipinski definition) is 2. The molecular weight excluding hydrogens is 350 g/mol. The molecule has 3 aromatic rings. The van der Waals surface area contributed by atoms with E-state index in [1.165, 1.54) is 0 Å². The average molecular weight is 374 g/mol. The highest BCUT2D eigenvalue weighted by Gasteiger charge is 2.35. The summed E-state index contributed by atoms with van der Waals surface area (Å²) in [5.74, 6) is 0.152. The van der Waals surface area contributed by atoms with E-state index in [2.05, 4.69) is 49.0 Å². The Morgan fingerprint density at radius 2 is 1.15 bits per heavy atom. The Labute approximate surface area is 166 Å². The molecule has 27 heavy (non-hydrogen) atoms. The van der Waals surface area contributed by atoms with Crippen molar-refractivity contribution in [3.05, 3.63) is 119 Å². The molecule has 0 radical (unpaired) electrons. The third-order valence-electron chi connectivity index (χ3n) is 4.78. The molecule has 2 nitrogen and oxygen atoms in total. The minimum atomic E-state index is -0.614. The van der Waals surface area contributed by atoms with Crippen molar-refractivity contribution < 1.29 is 4.79 Å². The van der Waals surface area contributed by atoms with Gasteiger partial charge in [-0.25, -0.2) is 0 Å². The summed E-state index contributed by atoms with van der Waals surface area (Å²) in [6.45, 7) is 0. The van der Waals surface area contributed by atoms with Crippen LogP contribution in [0.4, 0.5) is 0 Å². The molecule has 2 N–H and O–H groups in total. The van der Waals surface area contributed by atoms with Crippen LogP contribution in [0, 0.1) is 0 Å². The SMILES string of the molecule is NC(=O)C(=CC(c1ccccc1)(c1ccccc1)c1ccccc1)CCS. The minimum Gasteiger partial charge on any atom is -0.366 e. The Hall–Kier alpha value is -2.78. The fourth-order valence-corrected chi connectivity index (χ4v) is 3.74. The Kier molecular flexibility index (Phi) is 6.15. The molecule has 3 rings (SSSR count). The highest BCUT2D eigenvalue weighted by molar-refractivity contribution is 7.80. The van der Waals surface area contributed by atoms with Gasteiger partial charge in [0, 0.05) is 5.57 Å². The molecule has 0 fully saturated rings. The fraction of sp³-hybridized carbons (Fsp3) is 0.125. The predicted octanol–water partition coefficient (Wildman–Crippen LogP) is 4.75. The molecule has 0 spiro atoms. The van der Waals surface area contributed by atoms with E-state index < -0.39 is 11.3 Å². The van der Waals surface area contributed by atoms with Gasteiger partial charge in [0.1, 0.15) is 0 Å². The monoisotopic (exact) mass is 373 g/mol. The average Bonchev–Trinajstić information content (AvgIpc) is 2.73. The summed E-state index contributed by atoms with van der Waals surface area (Å²) in [5, 5.41) is 0. The van der Waals surface area contributed by atoms with E-state index in [9.17, 15) is 4.79 Å². The maximum atomic E-state index is 12.2. The van der Waals surface area contributed by atoms with Crippen molar-refractivity contribution in [1.29, 1.82) is 0 Å². The van der Waals surface area contributed by atoms with Crippen molar-refractivity contribution in [3.63, 3.8) is 0 Å². The van der Waals surface area contributed by atoms with Crippen LogP contribution in [0.5, 0.6) is 0 Å². The number of rotatable bonds is 7. The van der Waals surface area contributed by atoms with Crippen LogP contribution in [0.15, 0.2) is 103 Å². The molecule has 136 valence electrons. The summed E-state index contributed by atoms with van der Waals surface area (Å²) in [6, 6.07) is 30.7. The number of carbonyl (C=O) groups is 1. The molecule has 0 heterocycles. The highest BCUT2D eigenvalue weighted by atomic mass is 32.1. The van der Waals surface area contributed by atoms with E-state index in [-0.39, 0.29) is 0 Å². The number of nitrogens with two attached hydrogens (primary N) is 1. The van der Waals surface area contributed by atoms with Gasteiger partial charge < -0.3 is 5.73 Å². The Morgan fingerprint density at radius 1 is 0.778 bits per heavy atom. The van der Waals surface area contributed by atoms with E-state index in [0.717, 1.165) is 16.7 Å². The summed E-state index contributed by atoms with van der Waals surface area (Å²) < 4.78 is 0. The van der Waals surface area contributed by atoms with Crippen LogP contribution < -0.4 is 5.73 Å². The van der Waals surface area contributed by atoms with E-state index in [0.29, 0.717) is 17.7 Å². The van der Waals surface area contributed by atoms with Gasteiger partial charge in [-0.1, -0.05) is 97.1 Å². The van der Waals surface area contributed by atoms with E-state index in [1.54, 1.807) is 0 Å². The summed E-state index contributed by atoms with van der Waals surface area (Å²) in [5.41, 5.74) is 8.94. The molecule has 1 amide bonds. The van der Waals surface area contributed by atoms with Gasteiger partial charge in [-0.3, -0.25) is 4.79 Å². The molecular formula is C24H23NOS. The molecule has 0 aliphatic heterocycles. The molecule has 3 heteroatoms. The molecule has 0 bridgehead atoms. The van der Waals surface area contributed by atoms with Crippen molar-refractivity contribution in [2.24, 2.45) is 5.73 Å². The molecule has 3 aromatic carbocycles. The van der Waals surface area contributed by atoms with Crippen molar-refractivity contribution in [2.45, 2.75) is 11.8 Å². The van der Waals surface area contributed by atoms with Crippen LogP contribution in [0.2, 0.25) is 0 Å². The minimum absolute atomic E-state index is 0.406. The van der Waals surface area contributed by atoms with Gasteiger partial charge in [0.25, 0.3) is 0 Å². The first-order valence-electron chi connectivity index (χ1n) is 8.97. The van der Waals surface area contributed by atoms with Gasteiger partial charge in [0.2, 0.25) is 5.91 Å². The van der Waals surface area contributed by atoms with Crippen LogP contribution in [-0.2, 0) is 10.2 Å². The van der Waals surface area contributed by atoms with E-state index in [1.807, 2.05) is 60.7 Å². The lowest BCUT2D eigenvalue weighted by Gasteiger charge is -2.34. The highest BCUT2D eigenvalue weighted by Crippen LogP contribution is 2.41. The molecule has 0 saturated carbocycles. The largest absolute Gasteiger partial charge is 0.366 e. The lowest BCUT2D eigenvalue weighted by atomic mass is 9.68. The lowest BCUT2D eigenvalue weighted by molar-refractivity contribution is -0.114. The van der Waals surface area contributed by atoms with Gasteiger partial charge in [-0.05, 0) is 28.9 Å². The normalized spacial score (nSPS) is 12.0. The van der Waals surface area contributed by atoms with Crippen LogP contribution in [0.1, 0.15) is 23.1 Å². The van der Waals surface area contributed by atoms with Crippen molar-refractivity contribution in [1.82, 2.24) is 0 Å². The number of hydrogen-bond acceptors (Lipinski definition) is 2. The predicted molar refractivity (Wildman–Crippen MR) is 115 cm³/mol. The maximum Gasteiger partial charge on any atom is 0.244 e. The Morgan fingerprint density at radius 3 is 1.44 bits per heavy atom. The van der Waals surface area contributed by atoms with Gasteiger partial charge in [-0.15, -0.1) is 0 Å². The molecule has 0 saturated heterocycles. The third-order valence-corrected chi connectivity index (χ3v) is 5.00. The van der Waals surface area contributed by atoms with Crippen molar-refractivity contribution >= 4 is 18.5 Å². The maximum absolute atomic E-state index is 12.2. The second-order valence-corrected chi connectivity index (χ2v) is 6.86. The lowest BCUT2D eigenvalue weighted by Crippen LogP contribution is -2.29. The number of thiol groups is 1. The summed E-state index contributed by atoms with van der Waals surface area (Å²) in [4.78, 5) is 12.2. The smallest absolute Gasteiger partial charge is 0.244 e. The van der Waals surface area contributed by atoms with Crippen LogP contribution >= 0.6 is 12.6 Å². The number of amides is 1. The molecule has 0 aromatic heterocycles. The molecule has 0 unspecified atom stereocenters. The second kappa shape index (κ2) is 8.74. The second-order valence-electron chi connectivity index (χ2n) is 6.41. The Bertz CT molecular complexity index is 808. The van der Waals surface area contributed by atoms with Gasteiger partial charge >= 0.3 is 0 Å². The molecule has 0 aliphatic rings. The zero-order valence-electron chi connectivity index (χ0n) is 15.1. The van der Waals surface area contributed by atoms with Gasteiger partial charge in [-0.2, -0.15) is 12.6 Å². The van der Waals surface area contributed by atoms with Crippen LogP contribution in [-0.4, -0.2) is 11.7 Å². The van der Waals surface area contributed by atoms with Crippen molar-refractivity contribution in [3.8, 4) is 0 Å². The van der Waals surface area contributed by atoms with Crippen LogP contribution in [0.25, 0.3) is 0 Å². The summed E-state index contributed by atoms with van der Waals surface area (Å²) >= 11 is 4.32. The quantitative estimate of drug-likeness (QED) is 0.350. The number of benzene rings is 3. The summed E-state index contributed by atoms with van der Waals surface area (Å²) in [7, 11) is 0. The van der Waals surface area contributed by atoms with E-state index >= 15 is 0 Å². The first-order chi connectivity index (χ1) is 13.2. The number of allylic oxidation sites excluding steroid dienone is 1. The topological polar surface area (TPSA) is 43.1 Å². The van der Waals surface area contributed by atoms with Gasteiger partial charge in [0.15, 0.2) is 0 Å². The van der Waals surface area contributed by atoms with Crippen molar-refractivity contribution in [2.75, 3.05) is 5.75 Å². The zero-order chi connectivity index (χ0) is 19.1. The standard InChI is InChI=1S/C24H23NOS/c25-23(26)19(16-17-27)18-24(20-10-4-1-5-11-20,21-12-6-2-7-13-21)22-14-8-3-9-15-22/h1-15,18,27H,16-17H2,(H2,25,26). The number of primary amides is 1. The molecule has 0 aliphatic carbocycles. The summed E-state index contributed by atoms with van der Waals surface area (Å²) in [6.07, 6.45) is 2.54. The fourth-order valence-electron chi connectivity index (χ4n) is 3.50. The zero-order valence-corrected chi connectivity index (χ0v) is 16.0. The first kappa shape index (κ1) is 19.0. The van der Waals surface area contributed by atoms with E-state index in [4.69, 9.17) is 5.73 Å². The van der Waals surface area contributed by atoms with Gasteiger partial charge in [0.05, 0.1) is 5.41 Å². The number of carbonyl (C=O) groups excluding carboxylic acids is 1. The molecule has 0 atom stereocenters.